The molecule has 0 fully saturated rings. The SMILES string of the molecule is CCC(C)(C#N)c1cc(F)ccc1Br. The van der Waals surface area contributed by atoms with Gasteiger partial charge in [-0.1, -0.05) is 22.9 Å². The third-order valence-electron chi connectivity index (χ3n) is 2.48. The van der Waals surface area contributed by atoms with Gasteiger partial charge in [0.05, 0.1) is 11.5 Å². The quantitative estimate of drug-likeness (QED) is 0.789. The second kappa shape index (κ2) is 4.10. The minimum absolute atomic E-state index is 0.307. The Balaban J connectivity index is 3.31. The molecule has 1 rings (SSSR count). The summed E-state index contributed by atoms with van der Waals surface area (Å²) in [5.74, 6) is -0.307. The summed E-state index contributed by atoms with van der Waals surface area (Å²) < 4.78 is 13.8. The second-order valence-corrected chi connectivity index (χ2v) is 4.28. The molecule has 1 nitrogen and oxygen atoms in total. The molecule has 0 aliphatic rings. The van der Waals surface area contributed by atoms with E-state index in [0.29, 0.717) is 12.0 Å². The van der Waals surface area contributed by atoms with Crippen LogP contribution in [0.4, 0.5) is 4.39 Å². The van der Waals surface area contributed by atoms with Crippen molar-refractivity contribution in [3.05, 3.63) is 34.1 Å². The maximum Gasteiger partial charge on any atom is 0.123 e. The number of nitrogens with zero attached hydrogens (tertiary/aromatic N) is 1. The summed E-state index contributed by atoms with van der Waals surface area (Å²) in [6.45, 7) is 3.73. The van der Waals surface area contributed by atoms with Crippen LogP contribution in [0.15, 0.2) is 22.7 Å². The number of benzene rings is 1. The average Bonchev–Trinajstić information content (AvgIpc) is 2.20. The smallest absolute Gasteiger partial charge is 0.123 e. The summed E-state index contributed by atoms with van der Waals surface area (Å²) in [7, 11) is 0. The van der Waals surface area contributed by atoms with E-state index in [9.17, 15) is 4.39 Å². The number of rotatable bonds is 2. The summed E-state index contributed by atoms with van der Waals surface area (Å²) in [4.78, 5) is 0. The molecule has 14 heavy (non-hydrogen) atoms. The molecule has 1 aromatic rings. The first-order valence-electron chi connectivity index (χ1n) is 4.40. The van der Waals surface area contributed by atoms with Gasteiger partial charge in [-0.2, -0.15) is 5.26 Å². The Morgan fingerprint density at radius 1 is 1.57 bits per heavy atom. The van der Waals surface area contributed by atoms with Crippen LogP contribution in [0.25, 0.3) is 0 Å². The van der Waals surface area contributed by atoms with Crippen molar-refractivity contribution in [2.45, 2.75) is 25.7 Å². The highest BCUT2D eigenvalue weighted by atomic mass is 79.9. The van der Waals surface area contributed by atoms with Gasteiger partial charge in [0.2, 0.25) is 0 Å². The van der Waals surface area contributed by atoms with E-state index in [4.69, 9.17) is 5.26 Å². The Hall–Kier alpha value is -0.880. The van der Waals surface area contributed by atoms with E-state index in [0.717, 1.165) is 4.47 Å². The molecule has 0 aliphatic carbocycles. The molecule has 74 valence electrons. The standard InChI is InChI=1S/C11H11BrFN/c1-3-11(2,7-14)9-6-8(13)4-5-10(9)12/h4-6H,3H2,1-2H3. The third kappa shape index (κ3) is 1.96. The first-order chi connectivity index (χ1) is 6.53. The van der Waals surface area contributed by atoms with Crippen LogP contribution < -0.4 is 0 Å². The highest BCUT2D eigenvalue weighted by Crippen LogP contribution is 2.32. The molecule has 3 heteroatoms. The van der Waals surface area contributed by atoms with Crippen molar-refractivity contribution in [1.29, 1.82) is 5.26 Å². The van der Waals surface area contributed by atoms with Gasteiger partial charge < -0.3 is 0 Å². The van der Waals surface area contributed by atoms with E-state index in [2.05, 4.69) is 22.0 Å². The Morgan fingerprint density at radius 3 is 2.71 bits per heavy atom. The van der Waals surface area contributed by atoms with Crippen LogP contribution in [-0.2, 0) is 5.41 Å². The predicted molar refractivity (Wildman–Crippen MR) is 57.4 cm³/mol. The lowest BCUT2D eigenvalue weighted by molar-refractivity contribution is 0.569. The fourth-order valence-corrected chi connectivity index (χ4v) is 1.93. The zero-order valence-corrected chi connectivity index (χ0v) is 9.73. The molecule has 0 saturated carbocycles. The van der Waals surface area contributed by atoms with Gasteiger partial charge in [-0.25, -0.2) is 4.39 Å². The molecule has 0 spiro atoms. The topological polar surface area (TPSA) is 23.8 Å². The Morgan fingerprint density at radius 2 is 2.21 bits per heavy atom. The fraction of sp³-hybridized carbons (Fsp3) is 0.364. The number of nitriles is 1. The maximum absolute atomic E-state index is 13.0. The number of halogens is 2. The molecular formula is C11H11BrFN. The molecule has 0 amide bonds. The van der Waals surface area contributed by atoms with Crippen molar-refractivity contribution in [2.24, 2.45) is 0 Å². The molecule has 0 aliphatic heterocycles. The van der Waals surface area contributed by atoms with Crippen molar-refractivity contribution < 1.29 is 4.39 Å². The Kier molecular flexibility index (Phi) is 3.28. The van der Waals surface area contributed by atoms with Gasteiger partial charge in [0, 0.05) is 4.47 Å². The van der Waals surface area contributed by atoms with Gasteiger partial charge in [0.15, 0.2) is 0 Å². The lowest BCUT2D eigenvalue weighted by atomic mass is 9.82. The van der Waals surface area contributed by atoms with Gasteiger partial charge in [-0.05, 0) is 37.1 Å². The molecule has 0 saturated heterocycles. The lowest BCUT2D eigenvalue weighted by Crippen LogP contribution is -2.18. The van der Waals surface area contributed by atoms with Crippen LogP contribution in [0.3, 0.4) is 0 Å². The number of hydrogen-bond donors (Lipinski definition) is 0. The van der Waals surface area contributed by atoms with Gasteiger partial charge >= 0.3 is 0 Å². The number of hydrogen-bond acceptors (Lipinski definition) is 1. The minimum Gasteiger partial charge on any atom is -0.207 e. The fourth-order valence-electron chi connectivity index (χ4n) is 1.25. The third-order valence-corrected chi connectivity index (χ3v) is 3.17. The largest absolute Gasteiger partial charge is 0.207 e. The normalized spacial score (nSPS) is 14.5. The van der Waals surface area contributed by atoms with E-state index in [1.807, 2.05) is 13.8 Å². The molecular weight excluding hydrogens is 245 g/mol. The summed E-state index contributed by atoms with van der Waals surface area (Å²) in [6, 6.07) is 6.64. The van der Waals surface area contributed by atoms with Crippen LogP contribution in [0, 0.1) is 17.1 Å². The lowest BCUT2D eigenvalue weighted by Gasteiger charge is -2.21. The molecule has 0 bridgehead atoms. The zero-order valence-electron chi connectivity index (χ0n) is 8.14. The Bertz CT molecular complexity index is 383. The van der Waals surface area contributed by atoms with Crippen molar-refractivity contribution in [1.82, 2.24) is 0 Å². The minimum atomic E-state index is -0.624. The van der Waals surface area contributed by atoms with Crippen molar-refractivity contribution in [2.75, 3.05) is 0 Å². The van der Waals surface area contributed by atoms with E-state index < -0.39 is 5.41 Å². The van der Waals surface area contributed by atoms with Gasteiger partial charge in [-0.3, -0.25) is 0 Å². The molecule has 0 N–H and O–H groups in total. The summed E-state index contributed by atoms with van der Waals surface area (Å²) in [6.07, 6.45) is 0.658. The zero-order chi connectivity index (χ0) is 10.8. The summed E-state index contributed by atoms with van der Waals surface area (Å²) >= 11 is 3.33. The van der Waals surface area contributed by atoms with E-state index >= 15 is 0 Å². The molecule has 1 atom stereocenters. The van der Waals surface area contributed by atoms with Crippen LogP contribution in [0.5, 0.6) is 0 Å². The highest BCUT2D eigenvalue weighted by Gasteiger charge is 2.26. The van der Waals surface area contributed by atoms with Crippen molar-refractivity contribution >= 4 is 15.9 Å². The van der Waals surface area contributed by atoms with Crippen LogP contribution in [0.1, 0.15) is 25.8 Å². The van der Waals surface area contributed by atoms with Crippen LogP contribution in [0.2, 0.25) is 0 Å². The van der Waals surface area contributed by atoms with Gasteiger partial charge in [-0.15, -0.1) is 0 Å². The van der Waals surface area contributed by atoms with Gasteiger partial charge in [0.25, 0.3) is 0 Å². The summed E-state index contributed by atoms with van der Waals surface area (Å²) in [5, 5.41) is 9.06. The van der Waals surface area contributed by atoms with Crippen LogP contribution >= 0.6 is 15.9 Å². The van der Waals surface area contributed by atoms with Crippen molar-refractivity contribution in [3.63, 3.8) is 0 Å². The van der Waals surface area contributed by atoms with E-state index in [1.54, 1.807) is 6.07 Å². The Labute approximate surface area is 91.7 Å². The first kappa shape index (κ1) is 11.2. The molecule has 1 aromatic carbocycles. The molecule has 0 radical (unpaired) electrons. The molecule has 0 heterocycles. The molecule has 1 unspecified atom stereocenters. The average molecular weight is 256 g/mol. The van der Waals surface area contributed by atoms with Crippen LogP contribution in [-0.4, -0.2) is 0 Å². The highest BCUT2D eigenvalue weighted by molar-refractivity contribution is 9.10. The summed E-state index contributed by atoms with van der Waals surface area (Å²) in [5.41, 5.74) is 0.0866. The first-order valence-corrected chi connectivity index (χ1v) is 5.19. The predicted octanol–water partition coefficient (Wildman–Crippen LogP) is 3.78. The van der Waals surface area contributed by atoms with E-state index in [-0.39, 0.29) is 5.82 Å². The van der Waals surface area contributed by atoms with E-state index in [1.165, 1.54) is 12.1 Å². The second-order valence-electron chi connectivity index (χ2n) is 3.42. The maximum atomic E-state index is 13.0. The van der Waals surface area contributed by atoms with Crippen molar-refractivity contribution in [3.8, 4) is 6.07 Å². The van der Waals surface area contributed by atoms with Gasteiger partial charge in [0.1, 0.15) is 5.82 Å². The monoisotopic (exact) mass is 255 g/mol. The molecule has 0 aromatic heterocycles.